The molecule has 1 N–H and O–H groups in total. The van der Waals surface area contributed by atoms with Gasteiger partial charge in [0.2, 0.25) is 0 Å². The zero-order valence-electron chi connectivity index (χ0n) is 13.2. The first kappa shape index (κ1) is 15.1. The third-order valence-corrected chi connectivity index (χ3v) is 4.08. The standard InChI is InChI=1S/C16H27N3O/c1-12-14(11-17-19(12)16(2,3)4)15(20)18-13-9-7-5-6-8-10-13/h11,13H,5-10H2,1-4H3,(H,18,20). The van der Waals surface area contributed by atoms with Crippen molar-refractivity contribution < 1.29 is 4.79 Å². The highest BCUT2D eigenvalue weighted by Crippen LogP contribution is 2.20. The molecular formula is C16H27N3O. The minimum Gasteiger partial charge on any atom is -0.349 e. The van der Waals surface area contributed by atoms with Gasteiger partial charge in [-0.25, -0.2) is 0 Å². The molecule has 1 aromatic rings. The summed E-state index contributed by atoms with van der Waals surface area (Å²) in [5.41, 5.74) is 1.57. The number of nitrogens with one attached hydrogen (secondary N) is 1. The third kappa shape index (κ3) is 3.41. The molecule has 1 aliphatic rings. The summed E-state index contributed by atoms with van der Waals surface area (Å²) in [5, 5.41) is 7.56. The van der Waals surface area contributed by atoms with Crippen LogP contribution in [-0.4, -0.2) is 21.7 Å². The van der Waals surface area contributed by atoms with Gasteiger partial charge in [-0.05, 0) is 40.5 Å². The maximum Gasteiger partial charge on any atom is 0.254 e. The van der Waals surface area contributed by atoms with Crippen molar-refractivity contribution in [2.45, 2.75) is 77.8 Å². The molecule has 1 fully saturated rings. The lowest BCUT2D eigenvalue weighted by Gasteiger charge is -2.21. The number of carbonyl (C=O) groups excluding carboxylic acids is 1. The first-order valence-corrected chi connectivity index (χ1v) is 7.75. The van der Waals surface area contributed by atoms with E-state index in [1.165, 1.54) is 25.7 Å². The normalized spacial score (nSPS) is 17.8. The van der Waals surface area contributed by atoms with Crippen LogP contribution in [-0.2, 0) is 5.54 Å². The van der Waals surface area contributed by atoms with Crippen LogP contribution in [0.25, 0.3) is 0 Å². The summed E-state index contributed by atoms with van der Waals surface area (Å²) in [4.78, 5) is 12.4. The van der Waals surface area contributed by atoms with Gasteiger partial charge in [-0.1, -0.05) is 25.7 Å². The fourth-order valence-corrected chi connectivity index (χ4v) is 3.00. The van der Waals surface area contributed by atoms with Gasteiger partial charge in [0.1, 0.15) is 0 Å². The Kier molecular flexibility index (Phi) is 4.51. The van der Waals surface area contributed by atoms with Crippen LogP contribution in [0.15, 0.2) is 6.20 Å². The second-order valence-electron chi connectivity index (χ2n) is 6.89. The Balaban J connectivity index is 2.07. The second-order valence-corrected chi connectivity index (χ2v) is 6.89. The first-order valence-electron chi connectivity index (χ1n) is 7.75. The van der Waals surface area contributed by atoms with E-state index in [0.29, 0.717) is 11.6 Å². The summed E-state index contributed by atoms with van der Waals surface area (Å²) >= 11 is 0. The largest absolute Gasteiger partial charge is 0.349 e. The van der Waals surface area contributed by atoms with E-state index in [0.717, 1.165) is 18.5 Å². The Morgan fingerprint density at radius 2 is 1.85 bits per heavy atom. The van der Waals surface area contributed by atoms with Crippen LogP contribution in [0.5, 0.6) is 0 Å². The molecule has 2 rings (SSSR count). The minimum atomic E-state index is -0.0923. The molecule has 0 radical (unpaired) electrons. The highest BCUT2D eigenvalue weighted by atomic mass is 16.1. The Labute approximate surface area is 121 Å². The molecule has 0 bridgehead atoms. The third-order valence-electron chi connectivity index (χ3n) is 4.08. The van der Waals surface area contributed by atoms with Gasteiger partial charge in [0.05, 0.1) is 17.3 Å². The van der Waals surface area contributed by atoms with Gasteiger partial charge in [-0.3, -0.25) is 9.48 Å². The van der Waals surface area contributed by atoms with E-state index in [1.54, 1.807) is 6.20 Å². The lowest BCUT2D eigenvalue weighted by molar-refractivity contribution is 0.0932. The van der Waals surface area contributed by atoms with Crippen LogP contribution >= 0.6 is 0 Å². The Hall–Kier alpha value is -1.32. The Morgan fingerprint density at radius 1 is 1.25 bits per heavy atom. The molecule has 1 aliphatic carbocycles. The molecule has 0 atom stereocenters. The van der Waals surface area contributed by atoms with Gasteiger partial charge in [-0.2, -0.15) is 5.10 Å². The molecule has 0 unspecified atom stereocenters. The summed E-state index contributed by atoms with van der Waals surface area (Å²) in [5.74, 6) is 0.0323. The van der Waals surface area contributed by atoms with Crippen molar-refractivity contribution in [2.75, 3.05) is 0 Å². The molecule has 0 aliphatic heterocycles. The van der Waals surface area contributed by atoms with Crippen molar-refractivity contribution in [2.24, 2.45) is 0 Å². The number of carbonyl (C=O) groups is 1. The zero-order valence-corrected chi connectivity index (χ0v) is 13.2. The smallest absolute Gasteiger partial charge is 0.254 e. The lowest BCUT2D eigenvalue weighted by Crippen LogP contribution is -2.35. The number of hydrogen-bond donors (Lipinski definition) is 1. The monoisotopic (exact) mass is 277 g/mol. The van der Waals surface area contributed by atoms with Gasteiger partial charge >= 0.3 is 0 Å². The maximum atomic E-state index is 12.4. The van der Waals surface area contributed by atoms with E-state index in [4.69, 9.17) is 0 Å². The SMILES string of the molecule is Cc1c(C(=O)NC2CCCCCC2)cnn1C(C)(C)C. The number of rotatable bonds is 2. The van der Waals surface area contributed by atoms with E-state index < -0.39 is 0 Å². The zero-order chi connectivity index (χ0) is 14.8. The van der Waals surface area contributed by atoms with Gasteiger partial charge < -0.3 is 5.32 Å². The fourth-order valence-electron chi connectivity index (χ4n) is 3.00. The molecule has 1 aromatic heterocycles. The molecule has 0 saturated heterocycles. The Morgan fingerprint density at radius 3 is 2.35 bits per heavy atom. The van der Waals surface area contributed by atoms with E-state index in [2.05, 4.69) is 31.2 Å². The highest BCUT2D eigenvalue weighted by molar-refractivity contribution is 5.95. The van der Waals surface area contributed by atoms with Crippen LogP contribution in [0.1, 0.15) is 75.3 Å². The van der Waals surface area contributed by atoms with E-state index >= 15 is 0 Å². The summed E-state index contributed by atoms with van der Waals surface area (Å²) < 4.78 is 1.93. The van der Waals surface area contributed by atoms with Gasteiger partial charge in [0.15, 0.2) is 0 Å². The topological polar surface area (TPSA) is 46.9 Å². The van der Waals surface area contributed by atoms with Crippen LogP contribution in [0.2, 0.25) is 0 Å². The van der Waals surface area contributed by atoms with Gasteiger partial charge in [-0.15, -0.1) is 0 Å². The van der Waals surface area contributed by atoms with E-state index in [-0.39, 0.29) is 11.4 Å². The summed E-state index contributed by atoms with van der Waals surface area (Å²) in [6, 6.07) is 0.336. The molecule has 1 amide bonds. The van der Waals surface area contributed by atoms with Crippen molar-refractivity contribution in [1.29, 1.82) is 0 Å². The van der Waals surface area contributed by atoms with Crippen molar-refractivity contribution in [3.63, 3.8) is 0 Å². The van der Waals surface area contributed by atoms with Crippen LogP contribution in [0.3, 0.4) is 0 Å². The molecule has 1 heterocycles. The number of hydrogen-bond acceptors (Lipinski definition) is 2. The lowest BCUT2D eigenvalue weighted by atomic mass is 10.1. The Bertz CT molecular complexity index is 463. The molecule has 1 saturated carbocycles. The van der Waals surface area contributed by atoms with Gasteiger partial charge in [0, 0.05) is 11.7 Å². The molecular weight excluding hydrogens is 250 g/mol. The molecule has 112 valence electrons. The van der Waals surface area contributed by atoms with E-state index in [9.17, 15) is 4.79 Å². The van der Waals surface area contributed by atoms with Crippen molar-refractivity contribution >= 4 is 5.91 Å². The fraction of sp³-hybridized carbons (Fsp3) is 0.750. The summed E-state index contributed by atoms with van der Waals surface area (Å²) in [6.45, 7) is 8.26. The predicted octanol–water partition coefficient (Wildman–Crippen LogP) is 3.40. The molecule has 0 spiro atoms. The quantitative estimate of drug-likeness (QED) is 0.842. The summed E-state index contributed by atoms with van der Waals surface area (Å²) in [6.07, 6.45) is 8.97. The number of aromatic nitrogens is 2. The average molecular weight is 277 g/mol. The second kappa shape index (κ2) is 5.98. The highest BCUT2D eigenvalue weighted by Gasteiger charge is 2.23. The predicted molar refractivity (Wildman–Crippen MR) is 80.9 cm³/mol. The molecule has 4 heteroatoms. The van der Waals surface area contributed by atoms with Crippen LogP contribution < -0.4 is 5.32 Å². The van der Waals surface area contributed by atoms with Crippen molar-refractivity contribution in [1.82, 2.24) is 15.1 Å². The minimum absolute atomic E-state index is 0.0323. The van der Waals surface area contributed by atoms with Crippen molar-refractivity contribution in [3.8, 4) is 0 Å². The molecule has 4 nitrogen and oxygen atoms in total. The number of amides is 1. The average Bonchev–Trinajstić information content (AvgIpc) is 2.58. The maximum absolute atomic E-state index is 12.4. The van der Waals surface area contributed by atoms with Crippen LogP contribution in [0.4, 0.5) is 0 Å². The molecule has 0 aromatic carbocycles. The summed E-state index contributed by atoms with van der Waals surface area (Å²) in [7, 11) is 0. The van der Waals surface area contributed by atoms with Gasteiger partial charge in [0.25, 0.3) is 5.91 Å². The molecule has 20 heavy (non-hydrogen) atoms. The van der Waals surface area contributed by atoms with Crippen molar-refractivity contribution in [3.05, 3.63) is 17.5 Å². The first-order chi connectivity index (χ1) is 9.39. The van der Waals surface area contributed by atoms with Crippen LogP contribution in [0, 0.1) is 6.92 Å². The number of nitrogens with zero attached hydrogens (tertiary/aromatic N) is 2. The van der Waals surface area contributed by atoms with E-state index in [1.807, 2.05) is 11.6 Å².